The van der Waals surface area contributed by atoms with Crippen LogP contribution in [0, 0.1) is 5.92 Å². The highest BCUT2D eigenvalue weighted by Crippen LogP contribution is 2.52. The minimum atomic E-state index is 0.0652. The fraction of sp³-hybridized carbons (Fsp3) is 0.280. The van der Waals surface area contributed by atoms with Crippen molar-refractivity contribution in [2.24, 2.45) is 5.92 Å². The predicted molar refractivity (Wildman–Crippen MR) is 114 cm³/mol. The van der Waals surface area contributed by atoms with Crippen molar-refractivity contribution in [1.82, 2.24) is 0 Å². The Morgan fingerprint density at radius 1 is 1.07 bits per heavy atom. The molecule has 3 unspecified atom stereocenters. The molecule has 3 aromatic carbocycles. The summed E-state index contributed by atoms with van der Waals surface area (Å²) in [6.07, 6.45) is 5.75. The summed E-state index contributed by atoms with van der Waals surface area (Å²) < 4.78 is 5.93. The Morgan fingerprint density at radius 2 is 1.93 bits per heavy atom. The third-order valence-electron chi connectivity index (χ3n) is 5.96. The van der Waals surface area contributed by atoms with E-state index in [0.717, 1.165) is 34.2 Å². The van der Waals surface area contributed by atoms with Crippen molar-refractivity contribution < 1.29 is 9.84 Å². The van der Waals surface area contributed by atoms with Gasteiger partial charge in [-0.25, -0.2) is 0 Å². The first-order valence-electron chi connectivity index (χ1n) is 10.1. The first kappa shape index (κ1) is 17.2. The number of rotatable bonds is 3. The van der Waals surface area contributed by atoms with Gasteiger partial charge in [-0.3, -0.25) is 0 Å². The molecular weight excluding hydrogens is 346 g/mol. The van der Waals surface area contributed by atoms with Crippen LogP contribution >= 0.6 is 0 Å². The Morgan fingerprint density at radius 3 is 2.79 bits per heavy atom. The molecule has 0 saturated heterocycles. The van der Waals surface area contributed by atoms with Crippen LogP contribution in [0.25, 0.3) is 10.8 Å². The van der Waals surface area contributed by atoms with Crippen LogP contribution in [-0.2, 0) is 0 Å². The molecule has 0 spiro atoms. The van der Waals surface area contributed by atoms with E-state index in [0.29, 0.717) is 17.6 Å². The molecule has 0 saturated carbocycles. The maximum atomic E-state index is 10.8. The van der Waals surface area contributed by atoms with Gasteiger partial charge in [-0.1, -0.05) is 42.5 Å². The lowest BCUT2D eigenvalue weighted by Gasteiger charge is -2.38. The number of phenols is 1. The van der Waals surface area contributed by atoms with Crippen LogP contribution < -0.4 is 10.1 Å². The Kier molecular flexibility index (Phi) is 4.04. The minimum Gasteiger partial charge on any atom is -0.508 e. The van der Waals surface area contributed by atoms with Gasteiger partial charge >= 0.3 is 0 Å². The van der Waals surface area contributed by atoms with Crippen molar-refractivity contribution >= 4 is 16.5 Å². The number of benzene rings is 3. The van der Waals surface area contributed by atoms with Crippen LogP contribution in [0.4, 0.5) is 5.69 Å². The lowest BCUT2D eigenvalue weighted by molar-refractivity contribution is 0.242. The molecule has 2 aliphatic rings. The van der Waals surface area contributed by atoms with Crippen molar-refractivity contribution in [2.75, 3.05) is 5.32 Å². The zero-order valence-electron chi connectivity index (χ0n) is 16.2. The fourth-order valence-electron chi connectivity index (χ4n) is 4.81. The summed E-state index contributed by atoms with van der Waals surface area (Å²) in [6, 6.07) is 18.5. The van der Waals surface area contributed by atoms with E-state index in [1.165, 1.54) is 5.56 Å². The smallest absolute Gasteiger partial charge is 0.121 e. The molecule has 3 nitrogen and oxygen atoms in total. The molecule has 0 radical (unpaired) electrons. The second kappa shape index (κ2) is 6.59. The largest absolute Gasteiger partial charge is 0.508 e. The maximum Gasteiger partial charge on any atom is 0.121 e. The number of phenolic OH excluding ortho intramolecular Hbond substituents is 1. The summed E-state index contributed by atoms with van der Waals surface area (Å²) in [7, 11) is 0. The number of anilines is 1. The van der Waals surface area contributed by atoms with Crippen molar-refractivity contribution in [3.63, 3.8) is 0 Å². The average Bonchev–Trinajstić information content (AvgIpc) is 3.18. The second-order valence-electron chi connectivity index (χ2n) is 8.11. The summed E-state index contributed by atoms with van der Waals surface area (Å²) >= 11 is 0. The highest BCUT2D eigenvalue weighted by molar-refractivity contribution is 5.89. The van der Waals surface area contributed by atoms with Crippen LogP contribution in [0.3, 0.4) is 0 Å². The number of aromatic hydroxyl groups is 1. The van der Waals surface area contributed by atoms with Crippen LogP contribution in [0.2, 0.25) is 0 Å². The summed E-state index contributed by atoms with van der Waals surface area (Å²) in [5, 5.41) is 16.8. The average molecular weight is 371 g/mol. The zero-order valence-corrected chi connectivity index (χ0v) is 16.2. The van der Waals surface area contributed by atoms with Gasteiger partial charge in [0.05, 0.1) is 12.1 Å². The highest BCUT2D eigenvalue weighted by Gasteiger charge is 2.39. The van der Waals surface area contributed by atoms with E-state index in [1.807, 2.05) is 30.3 Å². The molecule has 0 fully saturated rings. The normalized spacial score (nSPS) is 22.8. The number of fused-ring (bicyclic) bond motifs is 4. The Hall–Kier alpha value is -2.94. The molecule has 1 aliphatic heterocycles. The maximum absolute atomic E-state index is 10.8. The monoisotopic (exact) mass is 371 g/mol. The first-order valence-corrected chi connectivity index (χ1v) is 10.1. The molecule has 1 heterocycles. The minimum absolute atomic E-state index is 0.0652. The van der Waals surface area contributed by atoms with Gasteiger partial charge in [0.1, 0.15) is 11.5 Å². The predicted octanol–water partition coefficient (Wildman–Crippen LogP) is 6.16. The summed E-state index contributed by atoms with van der Waals surface area (Å²) in [6.45, 7) is 4.10. The fourth-order valence-corrected chi connectivity index (χ4v) is 4.81. The first-order chi connectivity index (χ1) is 13.6. The molecule has 0 amide bonds. The molecular formula is C25H25NO2. The van der Waals surface area contributed by atoms with Crippen molar-refractivity contribution in [2.45, 2.75) is 38.3 Å². The summed E-state index contributed by atoms with van der Waals surface area (Å²) in [4.78, 5) is 0. The quantitative estimate of drug-likeness (QED) is 0.542. The molecule has 0 bridgehead atoms. The molecule has 1 aliphatic carbocycles. The second-order valence-corrected chi connectivity index (χ2v) is 8.11. The van der Waals surface area contributed by atoms with Crippen LogP contribution in [0.15, 0.2) is 66.7 Å². The van der Waals surface area contributed by atoms with Gasteiger partial charge in [-0.15, -0.1) is 0 Å². The van der Waals surface area contributed by atoms with Gasteiger partial charge in [0.25, 0.3) is 0 Å². The van der Waals surface area contributed by atoms with Crippen molar-refractivity contribution in [1.29, 1.82) is 0 Å². The van der Waals surface area contributed by atoms with Crippen molar-refractivity contribution in [3.05, 3.63) is 77.9 Å². The highest BCUT2D eigenvalue weighted by atomic mass is 16.5. The van der Waals surface area contributed by atoms with E-state index >= 15 is 0 Å². The summed E-state index contributed by atoms with van der Waals surface area (Å²) in [5.41, 5.74) is 3.42. The number of allylic oxidation sites excluding steroid dienone is 2. The van der Waals surface area contributed by atoms with Gasteiger partial charge in [0.15, 0.2) is 0 Å². The molecule has 3 aromatic rings. The number of hydrogen-bond acceptors (Lipinski definition) is 3. The molecule has 28 heavy (non-hydrogen) atoms. The number of nitrogens with one attached hydrogen (secondary N) is 1. The van der Waals surface area contributed by atoms with E-state index in [4.69, 9.17) is 4.74 Å². The molecule has 3 heteroatoms. The van der Waals surface area contributed by atoms with E-state index in [2.05, 4.69) is 55.6 Å². The van der Waals surface area contributed by atoms with E-state index in [1.54, 1.807) is 0 Å². The van der Waals surface area contributed by atoms with Crippen LogP contribution in [0.5, 0.6) is 11.5 Å². The van der Waals surface area contributed by atoms with Gasteiger partial charge < -0.3 is 15.2 Å². The van der Waals surface area contributed by atoms with E-state index in [-0.39, 0.29) is 12.1 Å². The standard InChI is InChI=1S/C25H25NO2/c1-15(2)28-17-11-12-22-21(14-17)19-8-5-9-20(19)25(26-22)24-18-7-4-3-6-16(18)10-13-23(24)27/h3-8,10-15,19-20,25-27H,9H2,1-2H3. The molecule has 5 rings (SSSR count). The SMILES string of the molecule is CC(C)Oc1ccc2c(c1)C1C=CCC1C(c1c(O)ccc3ccccc13)N2. The third kappa shape index (κ3) is 2.73. The Balaban J connectivity index is 1.62. The molecule has 3 atom stereocenters. The van der Waals surface area contributed by atoms with Crippen LogP contribution in [-0.4, -0.2) is 11.2 Å². The number of hydrogen-bond donors (Lipinski definition) is 2. The third-order valence-corrected chi connectivity index (χ3v) is 5.96. The summed E-state index contributed by atoms with van der Waals surface area (Å²) in [5.74, 6) is 1.99. The lowest BCUT2D eigenvalue weighted by Crippen LogP contribution is -2.29. The van der Waals surface area contributed by atoms with E-state index in [9.17, 15) is 5.11 Å². The Bertz CT molecular complexity index is 1070. The molecule has 0 aromatic heterocycles. The van der Waals surface area contributed by atoms with E-state index < -0.39 is 0 Å². The van der Waals surface area contributed by atoms with Gasteiger partial charge in [0, 0.05) is 17.2 Å². The lowest BCUT2D eigenvalue weighted by atomic mass is 9.76. The van der Waals surface area contributed by atoms with Crippen molar-refractivity contribution in [3.8, 4) is 11.5 Å². The van der Waals surface area contributed by atoms with Gasteiger partial charge in [0.2, 0.25) is 0 Å². The zero-order chi connectivity index (χ0) is 19.3. The van der Waals surface area contributed by atoms with Crippen LogP contribution in [0.1, 0.15) is 43.4 Å². The topological polar surface area (TPSA) is 41.5 Å². The molecule has 142 valence electrons. The Labute approximate surface area is 165 Å². The molecule has 2 N–H and O–H groups in total. The van der Waals surface area contributed by atoms with Gasteiger partial charge in [-0.2, -0.15) is 0 Å². The van der Waals surface area contributed by atoms with Gasteiger partial charge in [-0.05, 0) is 66.8 Å². The number of ether oxygens (including phenoxy) is 1.